The molecule has 13 rings (SSSR count). The Balaban J connectivity index is 1.10. The molecule has 2 aliphatic rings. The molecule has 0 fully saturated rings. The van der Waals surface area contributed by atoms with Crippen molar-refractivity contribution in [2.75, 3.05) is 5.32 Å². The van der Waals surface area contributed by atoms with Crippen molar-refractivity contribution in [3.63, 3.8) is 0 Å². The standard InChI is InChI=1S/C59H48BN2OS/c1-57(2,3)32-17-20-34(21-18-32)61-48-27-43-36-22-19-33(58(4,5)6)25-51(36)63-52(43)29-41(48)38-23-24-39-42-26-40-35-13-9-11-15-45(35)59(7,8)46(40)30-49(42)62-50-28-44-37-14-10-12-16-53(37)64-54(44)31-47(50)60-55(38)56(39)62/h9-31,61H,1-8H3. The van der Waals surface area contributed by atoms with Crippen LogP contribution in [0, 0.1) is 0 Å². The summed E-state index contributed by atoms with van der Waals surface area (Å²) in [6.07, 6.45) is 0. The molecule has 0 unspecified atom stereocenters. The highest BCUT2D eigenvalue weighted by molar-refractivity contribution is 7.26. The van der Waals surface area contributed by atoms with E-state index in [1.165, 1.54) is 97.5 Å². The third kappa shape index (κ3) is 5.34. The Morgan fingerprint density at radius 3 is 2.09 bits per heavy atom. The molecule has 11 aromatic rings. The maximum absolute atomic E-state index is 6.84. The van der Waals surface area contributed by atoms with Crippen molar-refractivity contribution >= 4 is 105 Å². The van der Waals surface area contributed by atoms with Crippen LogP contribution in [0.3, 0.4) is 0 Å². The van der Waals surface area contributed by atoms with Crippen LogP contribution < -0.4 is 16.2 Å². The highest BCUT2D eigenvalue weighted by Crippen LogP contribution is 2.52. The van der Waals surface area contributed by atoms with Crippen molar-refractivity contribution < 1.29 is 4.42 Å². The number of hydrogen-bond donors (Lipinski definition) is 1. The lowest BCUT2D eigenvalue weighted by atomic mass is 9.59. The first-order valence-corrected chi connectivity index (χ1v) is 23.5. The van der Waals surface area contributed by atoms with E-state index in [4.69, 9.17) is 4.42 Å². The van der Waals surface area contributed by atoms with E-state index in [1.807, 2.05) is 11.3 Å². The Morgan fingerprint density at radius 2 is 1.28 bits per heavy atom. The van der Waals surface area contributed by atoms with E-state index in [0.717, 1.165) is 38.9 Å². The van der Waals surface area contributed by atoms with Gasteiger partial charge in [-0.05, 0) is 116 Å². The third-order valence-electron chi connectivity index (χ3n) is 14.5. The van der Waals surface area contributed by atoms with E-state index in [-0.39, 0.29) is 16.2 Å². The molecule has 3 nitrogen and oxygen atoms in total. The Labute approximate surface area is 378 Å². The molecule has 1 aliphatic heterocycles. The lowest BCUT2D eigenvalue weighted by Gasteiger charge is -2.25. The van der Waals surface area contributed by atoms with E-state index in [1.54, 1.807) is 0 Å². The van der Waals surface area contributed by atoms with Gasteiger partial charge in [-0.3, -0.25) is 0 Å². The molecule has 1 radical (unpaired) electrons. The second-order valence-electron chi connectivity index (χ2n) is 20.9. The molecule has 0 atom stereocenters. The molecule has 1 aliphatic carbocycles. The predicted molar refractivity (Wildman–Crippen MR) is 276 cm³/mol. The fourth-order valence-corrected chi connectivity index (χ4v) is 12.2. The third-order valence-corrected chi connectivity index (χ3v) is 15.7. The molecule has 4 heterocycles. The Kier molecular flexibility index (Phi) is 7.59. The van der Waals surface area contributed by atoms with E-state index in [2.05, 4.69) is 212 Å². The number of fused-ring (bicyclic) bond motifs is 14. The number of rotatable bonds is 3. The van der Waals surface area contributed by atoms with E-state index in [9.17, 15) is 0 Å². The molecule has 5 heteroatoms. The van der Waals surface area contributed by atoms with Gasteiger partial charge in [-0.15, -0.1) is 11.3 Å². The molecule has 1 N–H and O–H groups in total. The zero-order valence-corrected chi connectivity index (χ0v) is 38.4. The lowest BCUT2D eigenvalue weighted by Crippen LogP contribution is -2.37. The van der Waals surface area contributed by atoms with Gasteiger partial charge in [0, 0.05) is 75.3 Å². The first kappa shape index (κ1) is 38.0. The normalized spacial score (nSPS) is 14.2. The van der Waals surface area contributed by atoms with Crippen molar-refractivity contribution in [2.24, 2.45) is 0 Å². The lowest BCUT2D eigenvalue weighted by molar-refractivity contribution is 0.587. The smallest absolute Gasteiger partial charge is 0.197 e. The summed E-state index contributed by atoms with van der Waals surface area (Å²) in [4.78, 5) is 0. The van der Waals surface area contributed by atoms with Gasteiger partial charge in [0.1, 0.15) is 11.2 Å². The largest absolute Gasteiger partial charge is 0.456 e. The van der Waals surface area contributed by atoms with Crippen LogP contribution in [0.5, 0.6) is 0 Å². The fourth-order valence-electron chi connectivity index (χ4n) is 11.0. The van der Waals surface area contributed by atoms with Gasteiger partial charge in [0.05, 0.1) is 5.52 Å². The van der Waals surface area contributed by atoms with Gasteiger partial charge in [0.15, 0.2) is 7.28 Å². The van der Waals surface area contributed by atoms with Gasteiger partial charge >= 0.3 is 0 Å². The predicted octanol–water partition coefficient (Wildman–Crippen LogP) is 15.3. The summed E-state index contributed by atoms with van der Waals surface area (Å²) < 4.78 is 12.1. The molecule has 309 valence electrons. The molecular weight excluding hydrogens is 796 g/mol. The average molecular weight is 844 g/mol. The summed E-state index contributed by atoms with van der Waals surface area (Å²) in [6, 6.07) is 52.8. The second kappa shape index (κ2) is 12.8. The van der Waals surface area contributed by atoms with Crippen LogP contribution >= 0.6 is 11.3 Å². The van der Waals surface area contributed by atoms with E-state index in [0.29, 0.717) is 0 Å². The number of furan rings is 1. The van der Waals surface area contributed by atoms with Crippen LogP contribution in [0.1, 0.15) is 77.6 Å². The number of benzene rings is 8. The summed E-state index contributed by atoms with van der Waals surface area (Å²) in [5.74, 6) is 0. The van der Waals surface area contributed by atoms with Gasteiger partial charge in [0.25, 0.3) is 0 Å². The van der Waals surface area contributed by atoms with Gasteiger partial charge in [-0.2, -0.15) is 0 Å². The summed E-state index contributed by atoms with van der Waals surface area (Å²) >= 11 is 1.88. The van der Waals surface area contributed by atoms with Crippen molar-refractivity contribution in [1.29, 1.82) is 0 Å². The molecule has 0 bridgehead atoms. The maximum atomic E-state index is 6.84. The van der Waals surface area contributed by atoms with Crippen LogP contribution in [-0.4, -0.2) is 11.8 Å². The molecule has 64 heavy (non-hydrogen) atoms. The SMILES string of the molecule is CC(C)(C)c1ccc(Nc2cc3c(cc2-c2ccc4c5cc6c(cc5n5c4c2[B]c2cc4sc7ccccc7c4cc2-5)C(C)(C)c2ccccc2-6)oc2cc(C(C)(C)C)ccc23)cc1. The number of hydrogen-bond acceptors (Lipinski definition) is 3. The van der Waals surface area contributed by atoms with E-state index < -0.39 is 0 Å². The quantitative estimate of drug-likeness (QED) is 0.180. The van der Waals surface area contributed by atoms with Gasteiger partial charge < -0.3 is 14.3 Å². The Hall–Kier alpha value is -6.56. The summed E-state index contributed by atoms with van der Waals surface area (Å²) in [6.45, 7) is 18.4. The van der Waals surface area contributed by atoms with Crippen LogP contribution in [0.4, 0.5) is 11.4 Å². The van der Waals surface area contributed by atoms with Crippen molar-refractivity contribution in [3.05, 3.63) is 162 Å². The molecule has 0 saturated carbocycles. The average Bonchev–Trinajstić information content (AvgIpc) is 3.98. The zero-order chi connectivity index (χ0) is 43.6. The van der Waals surface area contributed by atoms with Gasteiger partial charge in [0.2, 0.25) is 0 Å². The minimum absolute atomic E-state index is 0.00755. The van der Waals surface area contributed by atoms with Crippen molar-refractivity contribution in [3.8, 4) is 27.9 Å². The Bertz CT molecular complexity index is 3830. The van der Waals surface area contributed by atoms with E-state index >= 15 is 0 Å². The monoisotopic (exact) mass is 843 g/mol. The van der Waals surface area contributed by atoms with Crippen LogP contribution in [0.15, 0.2) is 144 Å². The Morgan fingerprint density at radius 1 is 0.547 bits per heavy atom. The van der Waals surface area contributed by atoms with Crippen LogP contribution in [0.25, 0.3) is 91.9 Å². The number of anilines is 2. The summed E-state index contributed by atoms with van der Waals surface area (Å²) in [7, 11) is 2.46. The van der Waals surface area contributed by atoms with Gasteiger partial charge in [-0.25, -0.2) is 0 Å². The highest BCUT2D eigenvalue weighted by Gasteiger charge is 2.37. The molecule has 0 saturated heterocycles. The highest BCUT2D eigenvalue weighted by atomic mass is 32.1. The fraction of sp³-hybridized carbons (Fsp3) is 0.186. The number of nitrogens with one attached hydrogen (secondary N) is 1. The van der Waals surface area contributed by atoms with Crippen molar-refractivity contribution in [2.45, 2.75) is 71.6 Å². The topological polar surface area (TPSA) is 30.1 Å². The number of nitrogens with zero attached hydrogens (tertiary/aromatic N) is 1. The first-order chi connectivity index (χ1) is 30.7. The number of aromatic nitrogens is 1. The van der Waals surface area contributed by atoms with Crippen LogP contribution in [-0.2, 0) is 16.2 Å². The molecule has 0 amide bonds. The summed E-state index contributed by atoms with van der Waals surface area (Å²) in [5, 5.41) is 11.3. The second-order valence-corrected chi connectivity index (χ2v) is 22.0. The minimum atomic E-state index is -0.122. The zero-order valence-electron chi connectivity index (χ0n) is 37.6. The minimum Gasteiger partial charge on any atom is -0.456 e. The van der Waals surface area contributed by atoms with Crippen molar-refractivity contribution in [1.82, 2.24) is 4.57 Å². The molecule has 8 aromatic carbocycles. The summed E-state index contributed by atoms with van der Waals surface area (Å²) in [5.41, 5.74) is 20.3. The van der Waals surface area contributed by atoms with Gasteiger partial charge in [-0.1, -0.05) is 140 Å². The molecule has 0 spiro atoms. The number of thiophene rings is 1. The molecule has 3 aromatic heterocycles. The molecular formula is C59H48BN2OS. The maximum Gasteiger partial charge on any atom is 0.197 e. The first-order valence-electron chi connectivity index (χ1n) is 22.7. The van der Waals surface area contributed by atoms with Crippen LogP contribution in [0.2, 0.25) is 0 Å².